The van der Waals surface area contributed by atoms with E-state index in [1.165, 1.54) is 231 Å². The van der Waals surface area contributed by atoms with Crippen molar-refractivity contribution in [3.8, 4) is 0 Å². The van der Waals surface area contributed by atoms with Crippen LogP contribution in [0.25, 0.3) is 0 Å². The van der Waals surface area contributed by atoms with Gasteiger partial charge in [-0.3, -0.25) is 14.4 Å². The second kappa shape index (κ2) is 54.8. The van der Waals surface area contributed by atoms with Crippen molar-refractivity contribution >= 4 is 17.9 Å². The van der Waals surface area contributed by atoms with E-state index in [-0.39, 0.29) is 31.1 Å². The van der Waals surface area contributed by atoms with E-state index in [4.69, 9.17) is 14.2 Å². The molecule has 0 rings (SSSR count). The summed E-state index contributed by atoms with van der Waals surface area (Å²) < 4.78 is 16.8. The van der Waals surface area contributed by atoms with Gasteiger partial charge in [0.2, 0.25) is 0 Å². The third-order valence-electron chi connectivity index (χ3n) is 13.3. The lowest BCUT2D eigenvalue weighted by atomic mass is 10.0. The molecular weight excluding hydrogens is 805 g/mol. The van der Waals surface area contributed by atoms with E-state index < -0.39 is 6.10 Å². The predicted molar refractivity (Wildman–Crippen MR) is 280 cm³/mol. The van der Waals surface area contributed by atoms with Crippen LogP contribution in [0, 0.1) is 0 Å². The lowest BCUT2D eigenvalue weighted by Gasteiger charge is -2.18. The second-order valence-electron chi connectivity index (χ2n) is 19.9. The molecule has 6 nitrogen and oxygen atoms in total. The SMILES string of the molecule is CCCCCCCC/C=C\CCCCCCCCCCCC(=O)OC(COC(=O)CCCCCCCC)COC(=O)CCCCCCCCCCCCCCCCCCCCCCCC. The number of ether oxygens (including phenoxy) is 3. The monoisotopic (exact) mass is 917 g/mol. The van der Waals surface area contributed by atoms with Crippen LogP contribution in [-0.2, 0) is 28.6 Å². The standard InChI is InChI=1S/C59H112O6/c1-4-7-10-13-16-18-20-22-24-26-28-29-30-32-33-35-37-39-41-43-46-49-52-58(61)64-55-56(54-63-57(60)51-48-45-15-12-9-6-3)65-59(62)53-50-47-44-42-40-38-36-34-31-27-25-23-21-19-17-14-11-8-5-2/h23,25,56H,4-22,24,26-55H2,1-3H3/b25-23-. The summed E-state index contributed by atoms with van der Waals surface area (Å²) in [5, 5.41) is 0. The van der Waals surface area contributed by atoms with Gasteiger partial charge in [0, 0.05) is 19.3 Å². The van der Waals surface area contributed by atoms with Crippen LogP contribution in [0.3, 0.4) is 0 Å². The normalized spacial score (nSPS) is 12.0. The summed E-state index contributed by atoms with van der Waals surface area (Å²) in [4.78, 5) is 37.9. The zero-order chi connectivity index (χ0) is 47.2. The second-order valence-corrected chi connectivity index (χ2v) is 19.9. The lowest BCUT2D eigenvalue weighted by Crippen LogP contribution is -2.30. The number of hydrogen-bond donors (Lipinski definition) is 0. The molecule has 6 heteroatoms. The Bertz CT molecular complexity index is 1010. The van der Waals surface area contributed by atoms with E-state index in [9.17, 15) is 14.4 Å². The molecule has 0 saturated carbocycles. The minimum atomic E-state index is -0.764. The number of rotatable bonds is 54. The number of carbonyl (C=O) groups is 3. The van der Waals surface area contributed by atoms with Crippen molar-refractivity contribution in [2.75, 3.05) is 13.2 Å². The highest BCUT2D eigenvalue weighted by molar-refractivity contribution is 5.71. The molecule has 0 radical (unpaired) electrons. The van der Waals surface area contributed by atoms with Crippen LogP contribution >= 0.6 is 0 Å². The summed E-state index contributed by atoms with van der Waals surface area (Å²) in [6.07, 6.45) is 62.4. The molecule has 0 aliphatic heterocycles. The smallest absolute Gasteiger partial charge is 0.306 e. The minimum absolute atomic E-state index is 0.0658. The molecule has 384 valence electrons. The predicted octanol–water partition coefficient (Wildman–Crippen LogP) is 19.3. The van der Waals surface area contributed by atoms with Gasteiger partial charge in [0.05, 0.1) is 0 Å². The average molecular weight is 918 g/mol. The van der Waals surface area contributed by atoms with E-state index in [0.29, 0.717) is 19.3 Å². The summed E-state index contributed by atoms with van der Waals surface area (Å²) >= 11 is 0. The van der Waals surface area contributed by atoms with E-state index >= 15 is 0 Å². The molecule has 0 aliphatic carbocycles. The molecule has 0 aromatic carbocycles. The molecule has 0 bridgehead atoms. The fourth-order valence-corrected chi connectivity index (χ4v) is 8.85. The number of allylic oxidation sites excluding steroid dienone is 2. The first-order valence-electron chi connectivity index (χ1n) is 29.2. The maximum Gasteiger partial charge on any atom is 0.306 e. The highest BCUT2D eigenvalue weighted by atomic mass is 16.6. The van der Waals surface area contributed by atoms with Crippen LogP contribution in [0.4, 0.5) is 0 Å². The minimum Gasteiger partial charge on any atom is -0.462 e. The van der Waals surface area contributed by atoms with Crippen molar-refractivity contribution in [1.82, 2.24) is 0 Å². The molecule has 0 amide bonds. The van der Waals surface area contributed by atoms with Gasteiger partial charge >= 0.3 is 17.9 Å². The van der Waals surface area contributed by atoms with E-state index in [0.717, 1.165) is 57.8 Å². The Kier molecular flexibility index (Phi) is 53.2. The van der Waals surface area contributed by atoms with Gasteiger partial charge in [0.25, 0.3) is 0 Å². The molecule has 0 saturated heterocycles. The van der Waals surface area contributed by atoms with Gasteiger partial charge in [0.1, 0.15) is 13.2 Å². The van der Waals surface area contributed by atoms with Crippen molar-refractivity contribution < 1.29 is 28.6 Å². The van der Waals surface area contributed by atoms with Gasteiger partial charge in [0.15, 0.2) is 6.10 Å². The van der Waals surface area contributed by atoms with Crippen LogP contribution in [0.15, 0.2) is 12.2 Å². The van der Waals surface area contributed by atoms with E-state index in [1.807, 2.05) is 0 Å². The van der Waals surface area contributed by atoms with Crippen LogP contribution in [0.2, 0.25) is 0 Å². The first kappa shape index (κ1) is 63.1. The molecule has 0 aliphatic rings. The van der Waals surface area contributed by atoms with Crippen LogP contribution in [0.1, 0.15) is 329 Å². The Balaban J connectivity index is 4.08. The topological polar surface area (TPSA) is 78.9 Å². The Hall–Kier alpha value is -1.85. The zero-order valence-corrected chi connectivity index (χ0v) is 44.0. The summed E-state index contributed by atoms with van der Waals surface area (Å²) in [6, 6.07) is 0. The van der Waals surface area contributed by atoms with Gasteiger partial charge in [-0.05, 0) is 44.9 Å². The van der Waals surface area contributed by atoms with Crippen molar-refractivity contribution in [3.05, 3.63) is 12.2 Å². The molecule has 0 aromatic rings. The van der Waals surface area contributed by atoms with Crippen molar-refractivity contribution in [1.29, 1.82) is 0 Å². The number of esters is 3. The van der Waals surface area contributed by atoms with Gasteiger partial charge < -0.3 is 14.2 Å². The maximum absolute atomic E-state index is 12.8. The molecule has 0 heterocycles. The highest BCUT2D eigenvalue weighted by Gasteiger charge is 2.19. The first-order chi connectivity index (χ1) is 32.0. The summed E-state index contributed by atoms with van der Waals surface area (Å²) in [7, 11) is 0. The van der Waals surface area contributed by atoms with Crippen molar-refractivity contribution in [2.24, 2.45) is 0 Å². The maximum atomic E-state index is 12.8. The number of hydrogen-bond acceptors (Lipinski definition) is 6. The summed E-state index contributed by atoms with van der Waals surface area (Å²) in [6.45, 7) is 6.63. The Morgan fingerprint density at radius 3 is 0.769 bits per heavy atom. The highest BCUT2D eigenvalue weighted by Crippen LogP contribution is 2.17. The average Bonchev–Trinajstić information content (AvgIpc) is 3.30. The molecular formula is C59H112O6. The molecule has 0 spiro atoms. The Morgan fingerprint density at radius 1 is 0.292 bits per heavy atom. The first-order valence-corrected chi connectivity index (χ1v) is 29.2. The van der Waals surface area contributed by atoms with Crippen LogP contribution in [-0.4, -0.2) is 37.2 Å². The van der Waals surface area contributed by atoms with Crippen molar-refractivity contribution in [2.45, 2.75) is 335 Å². The fraction of sp³-hybridized carbons (Fsp3) is 0.915. The van der Waals surface area contributed by atoms with E-state index in [2.05, 4.69) is 32.9 Å². The molecule has 65 heavy (non-hydrogen) atoms. The Morgan fingerprint density at radius 2 is 0.508 bits per heavy atom. The van der Waals surface area contributed by atoms with Gasteiger partial charge in [-0.15, -0.1) is 0 Å². The van der Waals surface area contributed by atoms with Crippen LogP contribution < -0.4 is 0 Å². The molecule has 0 aromatic heterocycles. The third-order valence-corrected chi connectivity index (χ3v) is 13.3. The largest absolute Gasteiger partial charge is 0.462 e. The van der Waals surface area contributed by atoms with Gasteiger partial charge in [-0.2, -0.15) is 0 Å². The van der Waals surface area contributed by atoms with Gasteiger partial charge in [-0.25, -0.2) is 0 Å². The molecule has 1 atom stereocenters. The Labute approximate surface area is 405 Å². The molecule has 1 unspecified atom stereocenters. The summed E-state index contributed by atoms with van der Waals surface area (Å²) in [5.41, 5.74) is 0. The number of unbranched alkanes of at least 4 members (excludes halogenated alkanes) is 41. The fourth-order valence-electron chi connectivity index (χ4n) is 8.85. The zero-order valence-electron chi connectivity index (χ0n) is 44.0. The van der Waals surface area contributed by atoms with Crippen molar-refractivity contribution in [3.63, 3.8) is 0 Å². The molecule has 0 N–H and O–H groups in total. The lowest BCUT2D eigenvalue weighted by molar-refractivity contribution is -0.167. The molecule has 0 fully saturated rings. The quantitative estimate of drug-likeness (QED) is 0.0262. The van der Waals surface area contributed by atoms with Gasteiger partial charge in [-0.1, -0.05) is 277 Å². The van der Waals surface area contributed by atoms with Crippen LogP contribution in [0.5, 0.6) is 0 Å². The third kappa shape index (κ3) is 53.0. The van der Waals surface area contributed by atoms with E-state index in [1.54, 1.807) is 0 Å². The summed E-state index contributed by atoms with van der Waals surface area (Å²) in [5.74, 6) is -0.856. The number of carbonyl (C=O) groups excluding carboxylic acids is 3.